The summed E-state index contributed by atoms with van der Waals surface area (Å²) in [7, 11) is 1.64. The number of carbonyl (C=O) groups excluding carboxylic acids is 2. The number of piperidine rings is 1. The Balaban J connectivity index is 1.22. The van der Waals surface area contributed by atoms with Crippen LogP contribution in [0.1, 0.15) is 24.0 Å². The van der Waals surface area contributed by atoms with E-state index in [1.807, 2.05) is 42.5 Å². The van der Waals surface area contributed by atoms with E-state index in [1.165, 1.54) is 0 Å². The minimum absolute atomic E-state index is 0.0388. The highest BCUT2D eigenvalue weighted by atomic mass is 32.2. The third kappa shape index (κ3) is 4.71. The van der Waals surface area contributed by atoms with Gasteiger partial charge >= 0.3 is 0 Å². The van der Waals surface area contributed by atoms with Crippen molar-refractivity contribution in [3.05, 3.63) is 71.1 Å². The number of amides is 2. The second kappa shape index (κ2) is 10.2. The SMILES string of the molecule is COc1ccccc1CNC(=O)C1CCCN(C2NC(=O)C3SC=C(c4ccccc4)C3N2)C1. The van der Waals surface area contributed by atoms with Crippen LogP contribution in [-0.2, 0) is 16.1 Å². The number of hydrogen-bond donors (Lipinski definition) is 3. The molecule has 8 heteroatoms. The molecule has 0 saturated carbocycles. The van der Waals surface area contributed by atoms with Crippen LogP contribution in [0.15, 0.2) is 60.0 Å². The minimum Gasteiger partial charge on any atom is -0.496 e. The van der Waals surface area contributed by atoms with Gasteiger partial charge in [-0.15, -0.1) is 11.8 Å². The molecule has 2 aromatic rings. The maximum Gasteiger partial charge on any atom is 0.237 e. The fraction of sp³-hybridized carbons (Fsp3) is 0.385. The molecule has 3 aliphatic heterocycles. The van der Waals surface area contributed by atoms with Crippen LogP contribution in [0, 0.1) is 5.92 Å². The van der Waals surface area contributed by atoms with Crippen LogP contribution in [-0.4, -0.2) is 54.5 Å². The van der Waals surface area contributed by atoms with Crippen molar-refractivity contribution in [1.82, 2.24) is 20.9 Å². The lowest BCUT2D eigenvalue weighted by atomic mass is 9.94. The summed E-state index contributed by atoms with van der Waals surface area (Å²) in [5.41, 5.74) is 3.24. The molecule has 0 bridgehead atoms. The van der Waals surface area contributed by atoms with Crippen molar-refractivity contribution in [3.8, 4) is 5.75 Å². The van der Waals surface area contributed by atoms with Gasteiger partial charge in [0.1, 0.15) is 17.3 Å². The maximum atomic E-state index is 13.0. The Morgan fingerprint density at radius 3 is 2.79 bits per heavy atom. The monoisotopic (exact) mass is 478 g/mol. The normalized spacial score (nSPS) is 26.9. The lowest BCUT2D eigenvalue weighted by Gasteiger charge is -2.43. The largest absolute Gasteiger partial charge is 0.496 e. The van der Waals surface area contributed by atoms with E-state index in [0.717, 1.165) is 41.8 Å². The second-order valence-corrected chi connectivity index (χ2v) is 9.93. The maximum absolute atomic E-state index is 13.0. The molecule has 4 atom stereocenters. The first-order chi connectivity index (χ1) is 16.6. The van der Waals surface area contributed by atoms with Gasteiger partial charge in [0.25, 0.3) is 0 Å². The molecule has 0 aromatic heterocycles. The number of benzene rings is 2. The lowest BCUT2D eigenvalue weighted by Crippen LogP contribution is -2.69. The first-order valence-electron chi connectivity index (χ1n) is 11.7. The molecule has 34 heavy (non-hydrogen) atoms. The van der Waals surface area contributed by atoms with Crippen molar-refractivity contribution in [1.29, 1.82) is 0 Å². The molecule has 2 saturated heterocycles. The summed E-state index contributed by atoms with van der Waals surface area (Å²) < 4.78 is 5.39. The average Bonchev–Trinajstić information content (AvgIpc) is 3.33. The van der Waals surface area contributed by atoms with Crippen molar-refractivity contribution < 1.29 is 14.3 Å². The zero-order valence-electron chi connectivity index (χ0n) is 19.2. The van der Waals surface area contributed by atoms with Crippen LogP contribution >= 0.6 is 11.8 Å². The molecule has 0 radical (unpaired) electrons. The van der Waals surface area contributed by atoms with Crippen LogP contribution < -0.4 is 20.7 Å². The molecule has 5 rings (SSSR count). The molecule has 2 fully saturated rings. The number of fused-ring (bicyclic) bond motifs is 1. The van der Waals surface area contributed by atoms with Crippen LogP contribution in [0.2, 0.25) is 0 Å². The first kappa shape index (κ1) is 23.0. The Hall–Kier alpha value is -2.81. The highest BCUT2D eigenvalue weighted by Crippen LogP contribution is 2.38. The van der Waals surface area contributed by atoms with Crippen molar-refractivity contribution in [2.24, 2.45) is 5.92 Å². The van der Waals surface area contributed by atoms with E-state index in [2.05, 4.69) is 38.4 Å². The molecule has 2 amide bonds. The summed E-state index contributed by atoms with van der Waals surface area (Å²) >= 11 is 1.57. The number of para-hydroxylation sites is 1. The molecule has 3 aliphatic rings. The Morgan fingerprint density at radius 2 is 1.97 bits per heavy atom. The van der Waals surface area contributed by atoms with Gasteiger partial charge in [-0.1, -0.05) is 48.5 Å². The predicted molar refractivity (Wildman–Crippen MR) is 134 cm³/mol. The van der Waals surface area contributed by atoms with E-state index in [0.29, 0.717) is 13.1 Å². The Bertz CT molecular complexity index is 1080. The van der Waals surface area contributed by atoms with Crippen LogP contribution in [0.25, 0.3) is 5.57 Å². The van der Waals surface area contributed by atoms with Gasteiger partial charge in [0.15, 0.2) is 0 Å². The molecule has 4 unspecified atom stereocenters. The van der Waals surface area contributed by atoms with Gasteiger partial charge in [-0.25, -0.2) is 0 Å². The quantitative estimate of drug-likeness (QED) is 0.592. The van der Waals surface area contributed by atoms with E-state index >= 15 is 0 Å². The van der Waals surface area contributed by atoms with E-state index in [4.69, 9.17) is 4.74 Å². The summed E-state index contributed by atoms with van der Waals surface area (Å²) in [4.78, 5) is 28.1. The summed E-state index contributed by atoms with van der Waals surface area (Å²) in [6.45, 7) is 1.87. The fourth-order valence-electron chi connectivity index (χ4n) is 4.99. The van der Waals surface area contributed by atoms with Crippen LogP contribution in [0.5, 0.6) is 5.75 Å². The second-order valence-electron chi connectivity index (χ2n) is 8.92. The van der Waals surface area contributed by atoms with Gasteiger partial charge < -0.3 is 15.4 Å². The lowest BCUT2D eigenvalue weighted by molar-refractivity contribution is -0.129. The van der Waals surface area contributed by atoms with E-state index < -0.39 is 0 Å². The number of rotatable bonds is 6. The predicted octanol–water partition coefficient (Wildman–Crippen LogP) is 2.55. The summed E-state index contributed by atoms with van der Waals surface area (Å²) in [6, 6.07) is 17.9. The Kier molecular flexibility index (Phi) is 6.89. The zero-order valence-corrected chi connectivity index (χ0v) is 20.0. The highest BCUT2D eigenvalue weighted by molar-refractivity contribution is 8.04. The van der Waals surface area contributed by atoms with E-state index in [-0.39, 0.29) is 35.3 Å². The summed E-state index contributed by atoms with van der Waals surface area (Å²) in [5.74, 6) is 0.732. The standard InChI is InChI=1S/C26H30N4O3S/c1-33-21-12-6-5-10-18(21)14-27-24(31)19-11-7-13-30(15-19)26-28-22-20(17-8-3-2-4-9-17)16-34-23(22)25(32)29-26/h2-6,8-10,12,16,19,22-23,26,28H,7,11,13-15H2,1H3,(H,27,31)(H,29,32). The minimum atomic E-state index is -0.288. The third-order valence-electron chi connectivity index (χ3n) is 6.80. The van der Waals surface area contributed by atoms with Crippen molar-refractivity contribution in [3.63, 3.8) is 0 Å². The van der Waals surface area contributed by atoms with Crippen molar-refractivity contribution >= 4 is 29.1 Å². The number of likely N-dealkylation sites (tertiary alicyclic amines) is 1. The van der Waals surface area contributed by atoms with Gasteiger partial charge in [0.2, 0.25) is 11.8 Å². The molecule has 7 nitrogen and oxygen atoms in total. The number of nitrogens with zero attached hydrogens (tertiary/aromatic N) is 1. The molecule has 3 heterocycles. The number of methoxy groups -OCH3 is 1. The number of carbonyl (C=O) groups is 2. The molecule has 3 N–H and O–H groups in total. The van der Waals surface area contributed by atoms with Crippen molar-refractivity contribution in [2.75, 3.05) is 20.2 Å². The number of hydrogen-bond acceptors (Lipinski definition) is 6. The smallest absolute Gasteiger partial charge is 0.237 e. The molecule has 2 aromatic carbocycles. The Morgan fingerprint density at radius 1 is 1.18 bits per heavy atom. The van der Waals surface area contributed by atoms with Gasteiger partial charge in [0.05, 0.1) is 19.1 Å². The van der Waals surface area contributed by atoms with E-state index in [1.54, 1.807) is 18.9 Å². The van der Waals surface area contributed by atoms with Gasteiger partial charge in [-0.3, -0.25) is 19.8 Å². The molecule has 0 spiro atoms. The number of nitrogens with one attached hydrogen (secondary N) is 3. The first-order valence-corrected chi connectivity index (χ1v) is 12.7. The molecular weight excluding hydrogens is 448 g/mol. The number of ether oxygens (including phenoxy) is 1. The van der Waals surface area contributed by atoms with Gasteiger partial charge in [-0.2, -0.15) is 0 Å². The van der Waals surface area contributed by atoms with Gasteiger partial charge in [-0.05, 0) is 35.5 Å². The summed E-state index contributed by atoms with van der Waals surface area (Å²) in [6.07, 6.45) is 1.46. The van der Waals surface area contributed by atoms with Gasteiger partial charge in [0, 0.05) is 25.2 Å². The average molecular weight is 479 g/mol. The topological polar surface area (TPSA) is 82.7 Å². The fourth-order valence-corrected chi connectivity index (χ4v) is 6.14. The third-order valence-corrected chi connectivity index (χ3v) is 7.97. The van der Waals surface area contributed by atoms with Crippen LogP contribution in [0.3, 0.4) is 0 Å². The zero-order chi connectivity index (χ0) is 23.5. The molecule has 0 aliphatic carbocycles. The van der Waals surface area contributed by atoms with E-state index in [9.17, 15) is 9.59 Å². The molecular formula is C26H30N4O3S. The summed E-state index contributed by atoms with van der Waals surface area (Å²) in [5, 5.41) is 11.8. The highest BCUT2D eigenvalue weighted by Gasteiger charge is 2.44. The number of thioether (sulfide) groups is 1. The van der Waals surface area contributed by atoms with Crippen LogP contribution in [0.4, 0.5) is 0 Å². The van der Waals surface area contributed by atoms with Crippen molar-refractivity contribution in [2.45, 2.75) is 37.0 Å². The Labute approximate surface area is 204 Å². The molecule has 178 valence electrons.